The van der Waals surface area contributed by atoms with Gasteiger partial charge < -0.3 is 10.4 Å². The standard InChI is InChI=1S/C12H10FN3O4S/c13-10-2-1-9(21(14,19)20)4-11(10)16-12(18)7-3-8(17)6-15-5-7/h1-6,17H,(H,16,18)(H2,14,19,20). The number of aromatic nitrogens is 1. The second-order valence-electron chi connectivity index (χ2n) is 4.07. The van der Waals surface area contributed by atoms with Gasteiger partial charge in [-0.25, -0.2) is 17.9 Å². The fraction of sp³-hybridized carbons (Fsp3) is 0. The van der Waals surface area contributed by atoms with Crippen LogP contribution >= 0.6 is 0 Å². The van der Waals surface area contributed by atoms with Crippen molar-refractivity contribution in [1.29, 1.82) is 0 Å². The van der Waals surface area contributed by atoms with E-state index in [2.05, 4.69) is 10.3 Å². The van der Waals surface area contributed by atoms with Crippen LogP contribution in [0.2, 0.25) is 0 Å². The summed E-state index contributed by atoms with van der Waals surface area (Å²) < 4.78 is 36.0. The molecule has 0 radical (unpaired) electrons. The molecule has 4 N–H and O–H groups in total. The molecule has 0 atom stereocenters. The van der Waals surface area contributed by atoms with Crippen molar-refractivity contribution in [2.75, 3.05) is 5.32 Å². The minimum Gasteiger partial charge on any atom is -0.506 e. The van der Waals surface area contributed by atoms with E-state index >= 15 is 0 Å². The molecule has 9 heteroatoms. The van der Waals surface area contributed by atoms with Gasteiger partial charge in [0.25, 0.3) is 5.91 Å². The molecule has 7 nitrogen and oxygen atoms in total. The molecule has 1 aromatic heterocycles. The summed E-state index contributed by atoms with van der Waals surface area (Å²) in [7, 11) is -4.02. The van der Waals surface area contributed by atoms with Crippen molar-refractivity contribution in [2.45, 2.75) is 4.90 Å². The van der Waals surface area contributed by atoms with Gasteiger partial charge in [-0.15, -0.1) is 0 Å². The lowest BCUT2D eigenvalue weighted by molar-refractivity contribution is 0.102. The van der Waals surface area contributed by atoms with Crippen LogP contribution in [-0.4, -0.2) is 24.4 Å². The summed E-state index contributed by atoms with van der Waals surface area (Å²) >= 11 is 0. The number of carbonyl (C=O) groups is 1. The number of carbonyl (C=O) groups excluding carboxylic acids is 1. The van der Waals surface area contributed by atoms with Gasteiger partial charge >= 0.3 is 0 Å². The predicted octanol–water partition coefficient (Wildman–Crippen LogP) is 0.826. The summed E-state index contributed by atoms with van der Waals surface area (Å²) in [5, 5.41) is 16.3. The van der Waals surface area contributed by atoms with Gasteiger partial charge in [-0.05, 0) is 24.3 Å². The molecule has 110 valence electrons. The zero-order valence-electron chi connectivity index (χ0n) is 10.4. The zero-order chi connectivity index (χ0) is 15.6. The van der Waals surface area contributed by atoms with Crippen molar-refractivity contribution >= 4 is 21.6 Å². The number of aromatic hydroxyl groups is 1. The van der Waals surface area contributed by atoms with Crippen LogP contribution in [0, 0.1) is 5.82 Å². The van der Waals surface area contributed by atoms with Gasteiger partial charge in [-0.1, -0.05) is 0 Å². The van der Waals surface area contributed by atoms with Crippen molar-refractivity contribution < 1.29 is 22.7 Å². The Labute approximate surface area is 119 Å². The number of hydrogen-bond donors (Lipinski definition) is 3. The lowest BCUT2D eigenvalue weighted by atomic mass is 10.2. The number of nitrogens with two attached hydrogens (primary N) is 1. The molecule has 2 aromatic rings. The number of pyridine rings is 1. The smallest absolute Gasteiger partial charge is 0.257 e. The van der Waals surface area contributed by atoms with E-state index in [9.17, 15) is 22.7 Å². The van der Waals surface area contributed by atoms with Crippen LogP contribution in [0.5, 0.6) is 5.75 Å². The molecule has 0 aliphatic carbocycles. The number of amides is 1. The lowest BCUT2D eigenvalue weighted by Gasteiger charge is -2.08. The van der Waals surface area contributed by atoms with Crippen LogP contribution in [0.25, 0.3) is 0 Å². The number of halogens is 1. The summed E-state index contributed by atoms with van der Waals surface area (Å²) in [5.41, 5.74) is -0.370. The SMILES string of the molecule is NS(=O)(=O)c1ccc(F)c(NC(=O)c2cncc(O)c2)c1. The van der Waals surface area contributed by atoms with Crippen molar-refractivity contribution in [1.82, 2.24) is 4.98 Å². The molecule has 1 aromatic carbocycles. The molecule has 0 saturated heterocycles. The van der Waals surface area contributed by atoms with Crippen LogP contribution in [0.1, 0.15) is 10.4 Å². The minimum atomic E-state index is -4.02. The van der Waals surface area contributed by atoms with Crippen LogP contribution < -0.4 is 10.5 Å². The van der Waals surface area contributed by atoms with Crippen molar-refractivity contribution in [2.24, 2.45) is 5.14 Å². The van der Waals surface area contributed by atoms with E-state index < -0.39 is 21.7 Å². The average molecular weight is 311 g/mol. The predicted molar refractivity (Wildman–Crippen MR) is 71.6 cm³/mol. The number of hydrogen-bond acceptors (Lipinski definition) is 5. The molecule has 1 heterocycles. The zero-order valence-corrected chi connectivity index (χ0v) is 11.3. The first-order valence-corrected chi connectivity index (χ1v) is 7.10. The van der Waals surface area contributed by atoms with Gasteiger partial charge in [0.2, 0.25) is 10.0 Å². The third-order valence-corrected chi connectivity index (χ3v) is 3.41. The van der Waals surface area contributed by atoms with Gasteiger partial charge in [0, 0.05) is 6.20 Å². The largest absolute Gasteiger partial charge is 0.506 e. The second kappa shape index (κ2) is 5.46. The monoisotopic (exact) mass is 311 g/mol. The molecule has 21 heavy (non-hydrogen) atoms. The quantitative estimate of drug-likeness (QED) is 0.774. The minimum absolute atomic E-state index is 0.0181. The fourth-order valence-corrected chi connectivity index (χ4v) is 2.06. The number of sulfonamides is 1. The number of nitrogens with zero attached hydrogens (tertiary/aromatic N) is 1. The first-order chi connectivity index (χ1) is 9.77. The summed E-state index contributed by atoms with van der Waals surface area (Å²) in [6.07, 6.45) is 2.29. The maximum atomic E-state index is 13.6. The molecule has 0 aliphatic rings. The summed E-state index contributed by atoms with van der Waals surface area (Å²) in [6, 6.07) is 3.88. The maximum Gasteiger partial charge on any atom is 0.257 e. The topological polar surface area (TPSA) is 122 Å². The molecule has 1 amide bonds. The van der Waals surface area contributed by atoms with Gasteiger partial charge in [0.15, 0.2) is 0 Å². The van der Waals surface area contributed by atoms with Gasteiger partial charge in [0.05, 0.1) is 22.3 Å². The number of anilines is 1. The lowest BCUT2D eigenvalue weighted by Crippen LogP contribution is -2.16. The first kappa shape index (κ1) is 14.9. The Kier molecular flexibility index (Phi) is 3.87. The van der Waals surface area contributed by atoms with E-state index in [1.807, 2.05) is 0 Å². The molecule has 0 aliphatic heterocycles. The Hall–Kier alpha value is -2.52. The van der Waals surface area contributed by atoms with E-state index in [1.165, 1.54) is 0 Å². The molecule has 0 spiro atoms. The molecule has 2 rings (SSSR count). The molecule has 0 unspecified atom stereocenters. The second-order valence-corrected chi connectivity index (χ2v) is 5.63. The van der Waals surface area contributed by atoms with Crippen molar-refractivity contribution in [3.8, 4) is 5.75 Å². The third-order valence-electron chi connectivity index (χ3n) is 2.50. The van der Waals surface area contributed by atoms with Gasteiger partial charge in [-0.2, -0.15) is 0 Å². The highest BCUT2D eigenvalue weighted by molar-refractivity contribution is 7.89. The molecule has 0 fully saturated rings. The van der Waals surface area contributed by atoms with E-state index in [0.29, 0.717) is 0 Å². The third kappa shape index (κ3) is 3.52. The molecule has 0 bridgehead atoms. The number of rotatable bonds is 3. The summed E-state index contributed by atoms with van der Waals surface area (Å²) in [6.45, 7) is 0. The highest BCUT2D eigenvalue weighted by atomic mass is 32.2. The number of primary sulfonamides is 1. The van der Waals surface area contributed by atoms with Crippen LogP contribution in [0.15, 0.2) is 41.6 Å². The number of benzene rings is 1. The molecular weight excluding hydrogens is 301 g/mol. The van der Waals surface area contributed by atoms with E-state index in [-0.39, 0.29) is 21.9 Å². The van der Waals surface area contributed by atoms with Crippen molar-refractivity contribution in [3.63, 3.8) is 0 Å². The van der Waals surface area contributed by atoms with Crippen molar-refractivity contribution in [3.05, 3.63) is 48.0 Å². The summed E-state index contributed by atoms with van der Waals surface area (Å²) in [4.78, 5) is 15.1. The number of nitrogens with one attached hydrogen (secondary N) is 1. The highest BCUT2D eigenvalue weighted by Gasteiger charge is 2.14. The van der Waals surface area contributed by atoms with Gasteiger partial charge in [0.1, 0.15) is 11.6 Å². The van der Waals surface area contributed by atoms with Gasteiger partial charge in [-0.3, -0.25) is 9.78 Å². The Bertz CT molecular complexity index is 808. The normalized spacial score (nSPS) is 11.1. The van der Waals surface area contributed by atoms with E-state index in [4.69, 9.17) is 5.14 Å². The van der Waals surface area contributed by atoms with E-state index in [0.717, 1.165) is 36.7 Å². The Balaban J connectivity index is 2.33. The van der Waals surface area contributed by atoms with Crippen LogP contribution in [0.4, 0.5) is 10.1 Å². The Morgan fingerprint density at radius 3 is 2.62 bits per heavy atom. The van der Waals surface area contributed by atoms with E-state index in [1.54, 1.807) is 0 Å². The fourth-order valence-electron chi connectivity index (χ4n) is 1.52. The summed E-state index contributed by atoms with van der Waals surface area (Å²) in [5.74, 6) is -1.82. The van der Waals surface area contributed by atoms with Crippen LogP contribution in [0.3, 0.4) is 0 Å². The average Bonchev–Trinajstić information content (AvgIpc) is 2.40. The molecule has 0 saturated carbocycles. The molecular formula is C12H10FN3O4S. The first-order valence-electron chi connectivity index (χ1n) is 5.55. The Morgan fingerprint density at radius 2 is 2.00 bits per heavy atom. The van der Waals surface area contributed by atoms with Crippen LogP contribution in [-0.2, 0) is 10.0 Å². The highest BCUT2D eigenvalue weighted by Crippen LogP contribution is 2.20. The Morgan fingerprint density at radius 1 is 1.29 bits per heavy atom. The maximum absolute atomic E-state index is 13.6.